The van der Waals surface area contributed by atoms with E-state index in [0.29, 0.717) is 5.95 Å². The molecule has 20 heavy (non-hydrogen) atoms. The van der Waals surface area contributed by atoms with Gasteiger partial charge in [-0.1, -0.05) is 6.92 Å². The van der Waals surface area contributed by atoms with Crippen molar-refractivity contribution in [3.8, 4) is 0 Å². The Balaban J connectivity index is 2.05. The summed E-state index contributed by atoms with van der Waals surface area (Å²) in [5.41, 5.74) is 0.942. The summed E-state index contributed by atoms with van der Waals surface area (Å²) in [6.07, 6.45) is 5.26. The molecule has 1 fully saturated rings. The number of nitrogens with one attached hydrogen (secondary N) is 2. The van der Waals surface area contributed by atoms with Crippen molar-refractivity contribution in [2.24, 2.45) is 0 Å². The lowest BCUT2D eigenvalue weighted by Crippen LogP contribution is -2.38. The Morgan fingerprint density at radius 1 is 1.40 bits per heavy atom. The molecular formula is C14H22N6. The molecule has 1 saturated heterocycles. The van der Waals surface area contributed by atoms with Crippen LogP contribution in [0.25, 0.3) is 11.0 Å². The monoisotopic (exact) mass is 274 g/mol. The van der Waals surface area contributed by atoms with Gasteiger partial charge in [0.25, 0.3) is 0 Å². The Labute approximate surface area is 119 Å². The van der Waals surface area contributed by atoms with Crippen molar-refractivity contribution < 1.29 is 0 Å². The van der Waals surface area contributed by atoms with E-state index in [9.17, 15) is 0 Å². The van der Waals surface area contributed by atoms with Crippen LogP contribution >= 0.6 is 0 Å². The molecule has 2 aromatic heterocycles. The highest BCUT2D eigenvalue weighted by atomic mass is 15.3. The lowest BCUT2D eigenvalue weighted by Gasteiger charge is -2.33. The molecule has 0 unspecified atom stereocenters. The summed E-state index contributed by atoms with van der Waals surface area (Å²) in [7, 11) is 0. The zero-order chi connectivity index (χ0) is 14.2. The summed E-state index contributed by atoms with van der Waals surface area (Å²) < 4.78 is 0. The predicted molar refractivity (Wildman–Crippen MR) is 81.1 cm³/mol. The first-order chi connectivity index (χ1) is 9.62. The minimum Gasteiger partial charge on any atom is -0.354 e. The molecule has 2 N–H and O–H groups in total. The maximum absolute atomic E-state index is 4.73. The average Bonchev–Trinajstić information content (AvgIpc) is 3.01. The summed E-state index contributed by atoms with van der Waals surface area (Å²) >= 11 is 0. The third kappa shape index (κ3) is 2.19. The number of anilines is 2. The SMILES string of the molecule is CCCNc1nc(N2CCCC2(C)C)c2cn[nH]c2n1. The van der Waals surface area contributed by atoms with Gasteiger partial charge in [0.15, 0.2) is 5.65 Å². The van der Waals surface area contributed by atoms with E-state index in [1.807, 2.05) is 6.20 Å². The third-order valence-electron chi connectivity index (χ3n) is 3.98. The molecule has 0 radical (unpaired) electrons. The fourth-order valence-electron chi connectivity index (χ4n) is 2.84. The van der Waals surface area contributed by atoms with Gasteiger partial charge in [0, 0.05) is 18.6 Å². The first-order valence-corrected chi connectivity index (χ1v) is 7.34. The molecule has 1 aliphatic rings. The molecule has 0 amide bonds. The minimum atomic E-state index is 0.139. The summed E-state index contributed by atoms with van der Waals surface area (Å²) in [5, 5.41) is 11.4. The van der Waals surface area contributed by atoms with Crippen molar-refractivity contribution in [2.45, 2.75) is 45.6 Å². The number of hydrogen-bond donors (Lipinski definition) is 2. The van der Waals surface area contributed by atoms with Crippen molar-refractivity contribution in [2.75, 3.05) is 23.3 Å². The summed E-state index contributed by atoms with van der Waals surface area (Å²) in [6, 6.07) is 0. The van der Waals surface area contributed by atoms with E-state index in [0.717, 1.165) is 36.4 Å². The smallest absolute Gasteiger partial charge is 0.226 e. The van der Waals surface area contributed by atoms with Crippen molar-refractivity contribution in [1.82, 2.24) is 20.2 Å². The van der Waals surface area contributed by atoms with Crippen LogP contribution in [0.1, 0.15) is 40.0 Å². The van der Waals surface area contributed by atoms with E-state index in [1.54, 1.807) is 0 Å². The van der Waals surface area contributed by atoms with Gasteiger partial charge in [-0.3, -0.25) is 5.10 Å². The number of fused-ring (bicyclic) bond motifs is 1. The van der Waals surface area contributed by atoms with Crippen LogP contribution in [0.4, 0.5) is 11.8 Å². The average molecular weight is 274 g/mol. The molecule has 1 aliphatic heterocycles. The lowest BCUT2D eigenvalue weighted by atomic mass is 10.0. The van der Waals surface area contributed by atoms with Gasteiger partial charge in [0.2, 0.25) is 5.95 Å². The van der Waals surface area contributed by atoms with Crippen molar-refractivity contribution in [1.29, 1.82) is 0 Å². The molecule has 0 aliphatic carbocycles. The molecule has 3 heterocycles. The number of rotatable bonds is 4. The van der Waals surface area contributed by atoms with Gasteiger partial charge in [0.1, 0.15) is 5.82 Å². The largest absolute Gasteiger partial charge is 0.354 e. The second-order valence-corrected chi connectivity index (χ2v) is 6.00. The second kappa shape index (κ2) is 4.92. The molecule has 0 spiro atoms. The number of aromatic nitrogens is 4. The maximum atomic E-state index is 4.73. The number of H-pyrrole nitrogens is 1. The minimum absolute atomic E-state index is 0.139. The van der Waals surface area contributed by atoms with Crippen LogP contribution < -0.4 is 10.2 Å². The highest BCUT2D eigenvalue weighted by Crippen LogP contribution is 2.36. The highest BCUT2D eigenvalue weighted by molar-refractivity contribution is 5.88. The number of nitrogens with zero attached hydrogens (tertiary/aromatic N) is 4. The second-order valence-electron chi connectivity index (χ2n) is 6.00. The molecule has 0 bridgehead atoms. The Kier molecular flexibility index (Phi) is 3.23. The van der Waals surface area contributed by atoms with Gasteiger partial charge in [-0.15, -0.1) is 0 Å². The van der Waals surface area contributed by atoms with E-state index in [4.69, 9.17) is 4.98 Å². The molecule has 0 atom stereocenters. The summed E-state index contributed by atoms with van der Waals surface area (Å²) in [5.74, 6) is 1.67. The fourth-order valence-corrected chi connectivity index (χ4v) is 2.84. The first kappa shape index (κ1) is 13.1. The Morgan fingerprint density at radius 3 is 2.95 bits per heavy atom. The fraction of sp³-hybridized carbons (Fsp3) is 0.643. The van der Waals surface area contributed by atoms with Gasteiger partial charge < -0.3 is 10.2 Å². The van der Waals surface area contributed by atoms with E-state index in [1.165, 1.54) is 12.8 Å². The van der Waals surface area contributed by atoms with Crippen LogP contribution in [0.15, 0.2) is 6.20 Å². The number of hydrogen-bond acceptors (Lipinski definition) is 5. The van der Waals surface area contributed by atoms with Gasteiger partial charge in [0.05, 0.1) is 11.6 Å². The molecule has 6 nitrogen and oxygen atoms in total. The highest BCUT2D eigenvalue weighted by Gasteiger charge is 2.34. The van der Waals surface area contributed by atoms with E-state index < -0.39 is 0 Å². The van der Waals surface area contributed by atoms with Crippen LogP contribution in [-0.2, 0) is 0 Å². The van der Waals surface area contributed by atoms with E-state index >= 15 is 0 Å². The topological polar surface area (TPSA) is 69.7 Å². The Morgan fingerprint density at radius 2 is 2.25 bits per heavy atom. The normalized spacial score (nSPS) is 17.9. The Bertz CT molecular complexity index is 603. The molecule has 108 valence electrons. The predicted octanol–water partition coefficient (Wildman–Crippen LogP) is 2.55. The van der Waals surface area contributed by atoms with Crippen LogP contribution in [0.2, 0.25) is 0 Å². The quantitative estimate of drug-likeness (QED) is 0.896. The zero-order valence-corrected chi connectivity index (χ0v) is 12.4. The molecule has 0 aromatic carbocycles. The molecular weight excluding hydrogens is 252 g/mol. The molecule has 2 aromatic rings. The van der Waals surface area contributed by atoms with Crippen molar-refractivity contribution >= 4 is 22.8 Å². The Hall–Kier alpha value is -1.85. The lowest BCUT2D eigenvalue weighted by molar-refractivity contribution is 0.515. The summed E-state index contributed by atoms with van der Waals surface area (Å²) in [4.78, 5) is 11.6. The molecule has 0 saturated carbocycles. The van der Waals surface area contributed by atoms with Crippen molar-refractivity contribution in [3.63, 3.8) is 0 Å². The van der Waals surface area contributed by atoms with Crippen LogP contribution in [-0.4, -0.2) is 38.8 Å². The van der Waals surface area contributed by atoms with Crippen LogP contribution in [0, 0.1) is 0 Å². The molecule has 6 heteroatoms. The van der Waals surface area contributed by atoms with Gasteiger partial charge in [-0.25, -0.2) is 0 Å². The summed E-state index contributed by atoms with van der Waals surface area (Å²) in [6.45, 7) is 8.59. The number of aromatic amines is 1. The van der Waals surface area contributed by atoms with E-state index in [-0.39, 0.29) is 5.54 Å². The standard InChI is InChI=1S/C14H22N6/c1-4-7-15-13-17-11-10(9-16-19-11)12(18-13)20-8-5-6-14(20,2)3/h9H,4-8H2,1-3H3,(H2,15,16,17,18,19). The van der Waals surface area contributed by atoms with Gasteiger partial charge in [-0.05, 0) is 33.1 Å². The van der Waals surface area contributed by atoms with Crippen molar-refractivity contribution in [3.05, 3.63) is 6.20 Å². The van der Waals surface area contributed by atoms with Crippen LogP contribution in [0.3, 0.4) is 0 Å². The van der Waals surface area contributed by atoms with E-state index in [2.05, 4.69) is 46.2 Å². The van der Waals surface area contributed by atoms with Gasteiger partial charge >= 0.3 is 0 Å². The first-order valence-electron chi connectivity index (χ1n) is 7.34. The van der Waals surface area contributed by atoms with Gasteiger partial charge in [-0.2, -0.15) is 15.1 Å². The third-order valence-corrected chi connectivity index (χ3v) is 3.98. The van der Waals surface area contributed by atoms with Crippen LogP contribution in [0.5, 0.6) is 0 Å². The zero-order valence-electron chi connectivity index (χ0n) is 12.4. The maximum Gasteiger partial charge on any atom is 0.226 e. The molecule has 3 rings (SSSR count).